The molecule has 0 N–H and O–H groups in total. The molecule has 0 fully saturated rings. The van der Waals surface area contributed by atoms with E-state index in [1.54, 1.807) is 21.3 Å². The quantitative estimate of drug-likeness (QED) is 0.737. The molecule has 0 amide bonds. The smallest absolute Gasteiger partial charge is 0.205 e. The number of rotatable bonds is 6. The van der Waals surface area contributed by atoms with E-state index in [4.69, 9.17) is 25.8 Å². The van der Waals surface area contributed by atoms with Crippen LogP contribution in [0, 0.1) is 5.92 Å². The molecule has 0 aliphatic carbocycles. The fourth-order valence-corrected chi connectivity index (χ4v) is 2.12. The molecule has 0 bridgehead atoms. The minimum absolute atomic E-state index is 0.327. The summed E-state index contributed by atoms with van der Waals surface area (Å²) in [5.74, 6) is 2.00. The van der Waals surface area contributed by atoms with Crippen LogP contribution < -0.4 is 14.2 Å². The molecular formula is C14H19ClO3. The van der Waals surface area contributed by atoms with E-state index in [0.29, 0.717) is 28.2 Å². The Bertz CT molecular complexity index is 430. The summed E-state index contributed by atoms with van der Waals surface area (Å²) < 4.78 is 16.0. The molecule has 4 heteroatoms. The van der Waals surface area contributed by atoms with Crippen molar-refractivity contribution in [1.29, 1.82) is 0 Å². The molecule has 1 atom stereocenters. The number of allylic oxidation sites excluding steroid dienone is 1. The lowest BCUT2D eigenvalue weighted by Gasteiger charge is -2.18. The van der Waals surface area contributed by atoms with Gasteiger partial charge < -0.3 is 14.2 Å². The minimum Gasteiger partial charge on any atom is -0.492 e. The number of benzene rings is 1. The van der Waals surface area contributed by atoms with Crippen molar-refractivity contribution in [3.63, 3.8) is 0 Å². The SMILES string of the molecule is C=CC(C)Cc1cc(Cl)c(OC)c(OC)c1OC. The maximum Gasteiger partial charge on any atom is 0.205 e. The van der Waals surface area contributed by atoms with Crippen molar-refractivity contribution >= 4 is 11.6 Å². The van der Waals surface area contributed by atoms with Crippen LogP contribution in [-0.4, -0.2) is 21.3 Å². The second-order valence-electron chi connectivity index (χ2n) is 4.03. The van der Waals surface area contributed by atoms with Crippen molar-refractivity contribution in [2.45, 2.75) is 13.3 Å². The minimum atomic E-state index is 0.327. The van der Waals surface area contributed by atoms with E-state index in [2.05, 4.69) is 13.5 Å². The van der Waals surface area contributed by atoms with Gasteiger partial charge in [-0.05, 0) is 18.4 Å². The van der Waals surface area contributed by atoms with Crippen molar-refractivity contribution in [1.82, 2.24) is 0 Å². The Morgan fingerprint density at radius 3 is 2.17 bits per heavy atom. The third-order valence-corrected chi connectivity index (χ3v) is 3.06. The maximum absolute atomic E-state index is 6.18. The number of halogens is 1. The van der Waals surface area contributed by atoms with Crippen molar-refractivity contribution in [3.05, 3.63) is 29.3 Å². The Hall–Kier alpha value is -1.35. The van der Waals surface area contributed by atoms with Gasteiger partial charge in [-0.15, -0.1) is 6.58 Å². The summed E-state index contributed by atoms with van der Waals surface area (Å²) >= 11 is 6.18. The van der Waals surface area contributed by atoms with Gasteiger partial charge in [0.1, 0.15) is 0 Å². The van der Waals surface area contributed by atoms with Gasteiger partial charge in [0, 0.05) is 5.56 Å². The van der Waals surface area contributed by atoms with Crippen molar-refractivity contribution in [3.8, 4) is 17.2 Å². The lowest BCUT2D eigenvalue weighted by molar-refractivity contribution is 0.321. The lowest BCUT2D eigenvalue weighted by Crippen LogP contribution is -2.03. The van der Waals surface area contributed by atoms with Gasteiger partial charge in [-0.3, -0.25) is 0 Å². The summed E-state index contributed by atoms with van der Waals surface area (Å²) in [7, 11) is 4.72. The monoisotopic (exact) mass is 270 g/mol. The van der Waals surface area contributed by atoms with Gasteiger partial charge in [-0.2, -0.15) is 0 Å². The van der Waals surface area contributed by atoms with Gasteiger partial charge in [0.25, 0.3) is 0 Å². The van der Waals surface area contributed by atoms with E-state index < -0.39 is 0 Å². The molecule has 18 heavy (non-hydrogen) atoms. The highest BCUT2D eigenvalue weighted by Gasteiger charge is 2.20. The van der Waals surface area contributed by atoms with E-state index in [-0.39, 0.29) is 0 Å². The molecule has 100 valence electrons. The van der Waals surface area contributed by atoms with E-state index >= 15 is 0 Å². The first-order chi connectivity index (χ1) is 8.58. The number of methoxy groups -OCH3 is 3. The number of hydrogen-bond donors (Lipinski definition) is 0. The van der Waals surface area contributed by atoms with Crippen molar-refractivity contribution < 1.29 is 14.2 Å². The molecule has 1 unspecified atom stereocenters. The van der Waals surface area contributed by atoms with Crippen molar-refractivity contribution in [2.24, 2.45) is 5.92 Å². The normalized spacial score (nSPS) is 11.8. The molecule has 0 saturated carbocycles. The van der Waals surface area contributed by atoms with Crippen LogP contribution in [-0.2, 0) is 6.42 Å². The molecule has 1 aromatic rings. The summed E-state index contributed by atoms with van der Waals surface area (Å²) in [5.41, 5.74) is 0.979. The highest BCUT2D eigenvalue weighted by molar-refractivity contribution is 6.32. The summed E-state index contributed by atoms with van der Waals surface area (Å²) in [4.78, 5) is 0. The van der Waals surface area contributed by atoms with Crippen LogP contribution in [0.4, 0.5) is 0 Å². The lowest BCUT2D eigenvalue weighted by atomic mass is 10.00. The highest BCUT2D eigenvalue weighted by atomic mass is 35.5. The van der Waals surface area contributed by atoms with E-state index in [1.165, 1.54) is 0 Å². The molecular weight excluding hydrogens is 252 g/mol. The topological polar surface area (TPSA) is 27.7 Å². The molecule has 0 aromatic heterocycles. The standard InChI is InChI=1S/C14H19ClO3/c1-6-9(2)7-10-8-11(15)13(17-4)14(18-5)12(10)16-3/h6,8-9H,1,7H2,2-5H3. The Labute approximate surface area is 113 Å². The van der Waals surface area contributed by atoms with E-state index in [9.17, 15) is 0 Å². The van der Waals surface area contributed by atoms with E-state index in [1.807, 2.05) is 12.1 Å². The summed E-state index contributed by atoms with van der Waals surface area (Å²) in [5, 5.41) is 0.515. The van der Waals surface area contributed by atoms with Crippen LogP contribution in [0.15, 0.2) is 18.7 Å². The van der Waals surface area contributed by atoms with Gasteiger partial charge in [0.15, 0.2) is 11.5 Å². The highest BCUT2D eigenvalue weighted by Crippen LogP contribution is 2.45. The second-order valence-corrected chi connectivity index (χ2v) is 4.44. The molecule has 0 saturated heterocycles. The zero-order valence-electron chi connectivity index (χ0n) is 11.2. The fraction of sp³-hybridized carbons (Fsp3) is 0.429. The van der Waals surface area contributed by atoms with Crippen LogP contribution in [0.3, 0.4) is 0 Å². The molecule has 0 aliphatic rings. The molecule has 1 rings (SSSR count). The van der Waals surface area contributed by atoms with Crippen LogP contribution in [0.2, 0.25) is 5.02 Å². The summed E-state index contributed by atoms with van der Waals surface area (Å²) in [6.07, 6.45) is 2.68. The zero-order valence-corrected chi connectivity index (χ0v) is 12.0. The molecule has 0 heterocycles. The third kappa shape index (κ3) is 2.91. The predicted octanol–water partition coefficient (Wildman–Crippen LogP) is 3.73. The van der Waals surface area contributed by atoms with Crippen molar-refractivity contribution in [2.75, 3.05) is 21.3 Å². The maximum atomic E-state index is 6.18. The Morgan fingerprint density at radius 1 is 1.17 bits per heavy atom. The molecule has 1 aromatic carbocycles. The summed E-state index contributed by atoms with van der Waals surface area (Å²) in [6.45, 7) is 5.86. The van der Waals surface area contributed by atoms with Gasteiger partial charge in [-0.25, -0.2) is 0 Å². The fourth-order valence-electron chi connectivity index (χ4n) is 1.82. The molecule has 3 nitrogen and oxygen atoms in total. The van der Waals surface area contributed by atoms with Gasteiger partial charge in [0.05, 0.1) is 26.4 Å². The second kappa shape index (κ2) is 6.55. The first-order valence-corrected chi connectivity index (χ1v) is 6.06. The Balaban J connectivity index is 3.34. The predicted molar refractivity (Wildman–Crippen MR) is 74.2 cm³/mol. The van der Waals surface area contributed by atoms with Crippen LogP contribution in [0.25, 0.3) is 0 Å². The van der Waals surface area contributed by atoms with Crippen LogP contribution >= 0.6 is 11.6 Å². The van der Waals surface area contributed by atoms with E-state index in [0.717, 1.165) is 12.0 Å². The third-order valence-electron chi connectivity index (χ3n) is 2.78. The Kier molecular flexibility index (Phi) is 5.35. The van der Waals surface area contributed by atoms with Crippen LogP contribution in [0.1, 0.15) is 12.5 Å². The summed E-state index contributed by atoms with van der Waals surface area (Å²) in [6, 6.07) is 1.85. The van der Waals surface area contributed by atoms with Gasteiger partial charge in [0.2, 0.25) is 5.75 Å². The number of hydrogen-bond acceptors (Lipinski definition) is 3. The molecule has 0 radical (unpaired) electrons. The zero-order chi connectivity index (χ0) is 13.7. The largest absolute Gasteiger partial charge is 0.492 e. The van der Waals surface area contributed by atoms with Gasteiger partial charge in [-0.1, -0.05) is 24.6 Å². The first-order valence-electron chi connectivity index (χ1n) is 5.68. The molecule has 0 aliphatic heterocycles. The average Bonchev–Trinajstić information content (AvgIpc) is 2.37. The first kappa shape index (κ1) is 14.7. The Morgan fingerprint density at radius 2 is 1.72 bits per heavy atom. The number of ether oxygens (including phenoxy) is 3. The average molecular weight is 271 g/mol. The van der Waals surface area contributed by atoms with Gasteiger partial charge >= 0.3 is 0 Å². The molecule has 0 spiro atoms. The van der Waals surface area contributed by atoms with Crippen LogP contribution in [0.5, 0.6) is 17.2 Å².